The third-order valence-electron chi connectivity index (χ3n) is 7.68. The molecule has 1 fully saturated rings. The summed E-state index contributed by atoms with van der Waals surface area (Å²) in [6.45, 7) is 14.9. The average molecular weight is 506 g/mol. The van der Waals surface area contributed by atoms with Gasteiger partial charge >= 0.3 is 7.12 Å². The SMILES string of the molecule is Cc1ccc(CNC(=O)[C@@H](CC(=O)C[C@@H](CC(C)C)B2OC(C)(C)C(C)(C)O2)Cc2ccccc2)cc1. The molecule has 3 rings (SSSR count). The van der Waals surface area contributed by atoms with Gasteiger partial charge in [-0.2, -0.15) is 0 Å². The molecular formula is C31H44BNO4. The zero-order chi connectivity index (χ0) is 27.2. The molecule has 2 atom stereocenters. The van der Waals surface area contributed by atoms with E-state index in [4.69, 9.17) is 9.31 Å². The molecule has 0 unspecified atom stereocenters. The first-order chi connectivity index (χ1) is 17.4. The Morgan fingerprint density at radius 2 is 1.46 bits per heavy atom. The van der Waals surface area contributed by atoms with Gasteiger partial charge in [0.05, 0.1) is 11.2 Å². The van der Waals surface area contributed by atoms with Crippen LogP contribution >= 0.6 is 0 Å². The Hall–Kier alpha value is -2.44. The van der Waals surface area contributed by atoms with E-state index in [-0.39, 0.29) is 23.9 Å². The zero-order valence-corrected chi connectivity index (χ0v) is 23.7. The van der Waals surface area contributed by atoms with Gasteiger partial charge < -0.3 is 14.6 Å². The largest absolute Gasteiger partial charge is 0.461 e. The second-order valence-corrected chi connectivity index (χ2v) is 12.1. The summed E-state index contributed by atoms with van der Waals surface area (Å²) >= 11 is 0. The van der Waals surface area contributed by atoms with E-state index in [0.29, 0.717) is 25.3 Å². The predicted octanol–water partition coefficient (Wildman–Crippen LogP) is 6.33. The number of aryl methyl sites for hydroxylation is 1. The van der Waals surface area contributed by atoms with Gasteiger partial charge in [0.15, 0.2) is 0 Å². The van der Waals surface area contributed by atoms with Crippen LogP contribution in [-0.4, -0.2) is 30.0 Å². The van der Waals surface area contributed by atoms with Crippen molar-refractivity contribution in [2.75, 3.05) is 0 Å². The smallest absolute Gasteiger partial charge is 0.403 e. The molecule has 1 saturated heterocycles. The molecule has 6 heteroatoms. The highest BCUT2D eigenvalue weighted by atomic mass is 16.7. The van der Waals surface area contributed by atoms with Crippen molar-refractivity contribution in [1.82, 2.24) is 5.32 Å². The fraction of sp³-hybridized carbons (Fsp3) is 0.548. The first-order valence-electron chi connectivity index (χ1n) is 13.6. The van der Waals surface area contributed by atoms with Crippen molar-refractivity contribution < 1.29 is 18.9 Å². The van der Waals surface area contributed by atoms with Gasteiger partial charge in [-0.3, -0.25) is 9.59 Å². The maximum Gasteiger partial charge on any atom is 0.461 e. The van der Waals surface area contributed by atoms with E-state index in [1.54, 1.807) is 0 Å². The quantitative estimate of drug-likeness (QED) is 0.343. The number of ketones is 1. The van der Waals surface area contributed by atoms with Gasteiger partial charge in [0.1, 0.15) is 5.78 Å². The summed E-state index contributed by atoms with van der Waals surface area (Å²) in [5.41, 5.74) is 2.39. The molecule has 1 heterocycles. The van der Waals surface area contributed by atoms with E-state index >= 15 is 0 Å². The second-order valence-electron chi connectivity index (χ2n) is 12.1. The lowest BCUT2D eigenvalue weighted by Crippen LogP contribution is -2.41. The summed E-state index contributed by atoms with van der Waals surface area (Å²) in [6.07, 6.45) is 1.89. The van der Waals surface area contributed by atoms with Gasteiger partial charge in [-0.15, -0.1) is 0 Å². The van der Waals surface area contributed by atoms with Crippen LogP contribution in [0.25, 0.3) is 0 Å². The maximum atomic E-state index is 13.4. The topological polar surface area (TPSA) is 64.6 Å². The molecule has 37 heavy (non-hydrogen) atoms. The molecule has 2 aromatic carbocycles. The predicted molar refractivity (Wildman–Crippen MR) is 150 cm³/mol. The van der Waals surface area contributed by atoms with Gasteiger partial charge in [0, 0.05) is 31.1 Å². The minimum Gasteiger partial charge on any atom is -0.403 e. The Balaban J connectivity index is 1.70. The highest BCUT2D eigenvalue weighted by Crippen LogP contribution is 2.42. The molecule has 0 aliphatic carbocycles. The summed E-state index contributed by atoms with van der Waals surface area (Å²) in [5, 5.41) is 3.07. The summed E-state index contributed by atoms with van der Waals surface area (Å²) in [5.74, 6) is -0.102. The van der Waals surface area contributed by atoms with Crippen LogP contribution in [0.4, 0.5) is 0 Å². The minimum atomic E-state index is -0.443. The summed E-state index contributed by atoms with van der Waals surface area (Å²) in [7, 11) is -0.431. The van der Waals surface area contributed by atoms with Gasteiger partial charge in [0.2, 0.25) is 5.91 Å². The Morgan fingerprint density at radius 1 is 0.865 bits per heavy atom. The number of carbonyl (C=O) groups is 2. The van der Waals surface area contributed by atoms with Crippen LogP contribution in [0.5, 0.6) is 0 Å². The minimum absolute atomic E-state index is 0.0541. The van der Waals surface area contributed by atoms with Crippen molar-refractivity contribution in [2.45, 2.75) is 97.7 Å². The van der Waals surface area contributed by atoms with Crippen molar-refractivity contribution in [1.29, 1.82) is 0 Å². The Morgan fingerprint density at radius 3 is 2.03 bits per heavy atom. The standard InChI is InChI=1S/C31H44BNO4/c1-22(2)17-27(32-36-30(4,5)31(6,7)37-32)20-28(34)19-26(18-24-11-9-8-10-12-24)29(35)33-21-25-15-13-23(3)14-16-25/h8-16,22,26-27H,17-21H2,1-7H3,(H,33,35)/t26-,27-/m1/s1. The van der Waals surface area contributed by atoms with E-state index in [9.17, 15) is 9.59 Å². The Labute approximate surface area is 223 Å². The molecule has 200 valence electrons. The van der Waals surface area contributed by atoms with Crippen molar-refractivity contribution >= 4 is 18.8 Å². The maximum absolute atomic E-state index is 13.4. The first-order valence-corrected chi connectivity index (χ1v) is 13.6. The molecule has 1 aliphatic rings. The highest BCUT2D eigenvalue weighted by Gasteiger charge is 2.53. The summed E-state index contributed by atoms with van der Waals surface area (Å²) in [4.78, 5) is 26.7. The number of hydrogen-bond acceptors (Lipinski definition) is 4. The number of hydrogen-bond donors (Lipinski definition) is 1. The summed E-state index contributed by atoms with van der Waals surface area (Å²) < 4.78 is 12.6. The fourth-order valence-corrected chi connectivity index (χ4v) is 4.82. The molecule has 1 N–H and O–H groups in total. The van der Waals surface area contributed by atoms with E-state index < -0.39 is 24.2 Å². The highest BCUT2D eigenvalue weighted by molar-refractivity contribution is 6.48. The number of nitrogens with one attached hydrogen (secondary N) is 1. The molecule has 2 aromatic rings. The van der Waals surface area contributed by atoms with E-state index in [1.807, 2.05) is 89.2 Å². The lowest BCUT2D eigenvalue weighted by molar-refractivity contribution is -0.129. The van der Waals surface area contributed by atoms with Crippen LogP contribution < -0.4 is 5.32 Å². The van der Waals surface area contributed by atoms with Crippen molar-refractivity contribution in [3.63, 3.8) is 0 Å². The molecular weight excluding hydrogens is 461 g/mol. The first kappa shape index (κ1) is 29.1. The molecule has 1 amide bonds. The van der Waals surface area contributed by atoms with Crippen LogP contribution in [0.15, 0.2) is 54.6 Å². The van der Waals surface area contributed by atoms with E-state index in [2.05, 4.69) is 19.2 Å². The Kier molecular flexibility index (Phi) is 9.77. The second kappa shape index (κ2) is 12.4. The van der Waals surface area contributed by atoms with Gasteiger partial charge in [-0.05, 0) is 64.5 Å². The molecule has 1 aliphatic heterocycles. The van der Waals surface area contributed by atoms with Crippen LogP contribution in [-0.2, 0) is 31.9 Å². The third kappa shape index (κ3) is 8.28. The molecule has 0 bridgehead atoms. The molecule has 0 aromatic heterocycles. The summed E-state index contributed by atoms with van der Waals surface area (Å²) in [6, 6.07) is 18.0. The lowest BCUT2D eigenvalue weighted by atomic mass is 9.65. The number of carbonyl (C=O) groups excluding carboxylic acids is 2. The zero-order valence-electron chi connectivity index (χ0n) is 23.7. The number of benzene rings is 2. The number of rotatable bonds is 12. The van der Waals surface area contributed by atoms with Crippen LogP contribution in [0.2, 0.25) is 5.82 Å². The van der Waals surface area contributed by atoms with Gasteiger partial charge in [-0.1, -0.05) is 74.0 Å². The van der Waals surface area contributed by atoms with Crippen LogP contribution in [0.3, 0.4) is 0 Å². The van der Waals surface area contributed by atoms with E-state index in [1.165, 1.54) is 5.56 Å². The number of Topliss-reactive ketones (excluding diaryl/α,β-unsaturated/α-hetero) is 1. The molecule has 0 radical (unpaired) electrons. The molecule has 5 nitrogen and oxygen atoms in total. The van der Waals surface area contributed by atoms with Crippen molar-refractivity contribution in [3.8, 4) is 0 Å². The number of amides is 1. The third-order valence-corrected chi connectivity index (χ3v) is 7.68. The van der Waals surface area contributed by atoms with Crippen LogP contribution in [0.1, 0.15) is 77.5 Å². The van der Waals surface area contributed by atoms with Gasteiger partial charge in [0.25, 0.3) is 0 Å². The van der Waals surface area contributed by atoms with Crippen molar-refractivity contribution in [3.05, 3.63) is 71.3 Å². The Bertz CT molecular complexity index is 1020. The van der Waals surface area contributed by atoms with Crippen LogP contribution in [0, 0.1) is 18.8 Å². The van der Waals surface area contributed by atoms with E-state index in [0.717, 1.165) is 17.5 Å². The lowest BCUT2D eigenvalue weighted by Gasteiger charge is -2.32. The average Bonchev–Trinajstić information content (AvgIpc) is 3.04. The normalized spacial score (nSPS) is 18.0. The fourth-order valence-electron chi connectivity index (χ4n) is 4.82. The van der Waals surface area contributed by atoms with Gasteiger partial charge in [-0.25, -0.2) is 0 Å². The van der Waals surface area contributed by atoms with Crippen molar-refractivity contribution in [2.24, 2.45) is 11.8 Å². The molecule has 0 spiro atoms. The molecule has 0 saturated carbocycles. The monoisotopic (exact) mass is 505 g/mol.